The van der Waals surface area contributed by atoms with E-state index in [0.29, 0.717) is 41.6 Å². The van der Waals surface area contributed by atoms with Gasteiger partial charge in [-0.25, -0.2) is 4.39 Å². The number of carbonyl (C=O) groups excluding carboxylic acids is 2. The molecule has 0 aliphatic rings. The van der Waals surface area contributed by atoms with Gasteiger partial charge in [-0.15, -0.1) is 0 Å². The predicted octanol–water partition coefficient (Wildman–Crippen LogP) is 4.78. The first-order valence-corrected chi connectivity index (χ1v) is 9.86. The molecule has 0 saturated carbocycles. The molecule has 1 aromatic carbocycles. The number of hydrogen-bond donors (Lipinski definition) is 0. The monoisotopic (exact) mass is 405 g/mol. The van der Waals surface area contributed by atoms with Crippen LogP contribution in [0.25, 0.3) is 11.1 Å². The molecule has 0 N–H and O–H groups in total. The largest absolute Gasteiger partial charge is 0.313 e. The van der Waals surface area contributed by atoms with E-state index in [0.717, 1.165) is 5.56 Å². The molecule has 154 valence electrons. The maximum atomic E-state index is 14.9. The average molecular weight is 405 g/mol. The van der Waals surface area contributed by atoms with E-state index in [1.165, 1.54) is 4.90 Å². The van der Waals surface area contributed by atoms with Gasteiger partial charge in [-0.3, -0.25) is 19.6 Å². The Morgan fingerprint density at radius 1 is 1.10 bits per heavy atom. The van der Waals surface area contributed by atoms with Gasteiger partial charge in [0.15, 0.2) is 5.78 Å². The standard InChI is InChI=1S/C24H24FN3O2/c1-4-23(30)28(3)21-11-9-19(16(2)24(21)25)18-8-10-20(27-15-18)22(29)12-7-17-6-5-13-26-14-17/h5-6,8-11,13-15H,4,7,12H2,1-3H3. The van der Waals surface area contributed by atoms with Crippen LogP contribution in [0.1, 0.15) is 41.4 Å². The molecule has 6 heteroatoms. The zero-order valence-corrected chi connectivity index (χ0v) is 17.4. The van der Waals surface area contributed by atoms with Gasteiger partial charge in [0.25, 0.3) is 0 Å². The molecule has 1 amide bonds. The van der Waals surface area contributed by atoms with Crippen molar-refractivity contribution in [2.24, 2.45) is 0 Å². The quantitative estimate of drug-likeness (QED) is 0.531. The number of hydrogen-bond acceptors (Lipinski definition) is 4. The molecule has 2 aromatic heterocycles. The number of aromatic nitrogens is 2. The van der Waals surface area contributed by atoms with Crippen LogP contribution in [0.2, 0.25) is 0 Å². The van der Waals surface area contributed by atoms with Crippen molar-refractivity contribution >= 4 is 17.4 Å². The van der Waals surface area contributed by atoms with E-state index in [-0.39, 0.29) is 17.4 Å². The van der Waals surface area contributed by atoms with Gasteiger partial charge in [0, 0.05) is 44.0 Å². The fourth-order valence-electron chi connectivity index (χ4n) is 3.26. The number of ketones is 1. The lowest BCUT2D eigenvalue weighted by molar-refractivity contribution is -0.118. The van der Waals surface area contributed by atoms with Gasteiger partial charge in [0.1, 0.15) is 11.5 Å². The van der Waals surface area contributed by atoms with E-state index < -0.39 is 5.82 Å². The molecule has 0 fully saturated rings. The van der Waals surface area contributed by atoms with E-state index in [1.807, 2.05) is 12.1 Å². The zero-order chi connectivity index (χ0) is 21.7. The van der Waals surface area contributed by atoms with Crippen LogP contribution in [-0.2, 0) is 11.2 Å². The number of aryl methyl sites for hydroxylation is 1. The van der Waals surface area contributed by atoms with Crippen LogP contribution < -0.4 is 4.90 Å². The van der Waals surface area contributed by atoms with Gasteiger partial charge in [-0.05, 0) is 48.2 Å². The molecule has 2 heterocycles. The van der Waals surface area contributed by atoms with Crippen molar-refractivity contribution in [1.82, 2.24) is 9.97 Å². The molecule has 30 heavy (non-hydrogen) atoms. The summed E-state index contributed by atoms with van der Waals surface area (Å²) in [4.78, 5) is 34.0. The molecule has 3 rings (SSSR count). The fourth-order valence-corrected chi connectivity index (χ4v) is 3.26. The molecule has 0 aliphatic heterocycles. The Morgan fingerprint density at radius 2 is 1.90 bits per heavy atom. The molecule has 0 spiro atoms. The molecular formula is C24H24FN3O2. The summed E-state index contributed by atoms with van der Waals surface area (Å²) in [7, 11) is 1.57. The molecule has 0 unspecified atom stereocenters. The summed E-state index contributed by atoms with van der Waals surface area (Å²) in [6.45, 7) is 3.41. The molecule has 3 aromatic rings. The molecule has 0 radical (unpaired) electrons. The molecular weight excluding hydrogens is 381 g/mol. The lowest BCUT2D eigenvalue weighted by Gasteiger charge is -2.19. The number of amides is 1. The van der Waals surface area contributed by atoms with Crippen LogP contribution in [-0.4, -0.2) is 28.7 Å². The van der Waals surface area contributed by atoms with Crippen LogP contribution >= 0.6 is 0 Å². The second kappa shape index (κ2) is 9.39. The number of halogens is 1. The van der Waals surface area contributed by atoms with E-state index in [1.54, 1.807) is 63.8 Å². The summed E-state index contributed by atoms with van der Waals surface area (Å²) < 4.78 is 14.9. The van der Waals surface area contributed by atoms with Crippen LogP contribution in [0, 0.1) is 12.7 Å². The molecule has 0 saturated heterocycles. The minimum absolute atomic E-state index is 0.0524. The summed E-state index contributed by atoms with van der Waals surface area (Å²) in [5.74, 6) is -0.645. The Morgan fingerprint density at radius 3 is 2.53 bits per heavy atom. The van der Waals surface area contributed by atoms with Crippen molar-refractivity contribution in [2.45, 2.75) is 33.1 Å². The van der Waals surface area contributed by atoms with Gasteiger partial charge in [0.2, 0.25) is 5.91 Å². The van der Waals surface area contributed by atoms with Crippen molar-refractivity contribution in [2.75, 3.05) is 11.9 Å². The third-order valence-corrected chi connectivity index (χ3v) is 5.13. The number of nitrogens with zero attached hydrogens (tertiary/aromatic N) is 3. The maximum Gasteiger partial charge on any atom is 0.226 e. The summed E-state index contributed by atoms with van der Waals surface area (Å²) in [6.07, 6.45) is 6.28. The Kier molecular flexibility index (Phi) is 6.67. The Hall–Kier alpha value is -3.41. The first-order valence-electron chi connectivity index (χ1n) is 9.86. The van der Waals surface area contributed by atoms with Crippen LogP contribution in [0.5, 0.6) is 0 Å². The summed E-state index contributed by atoms with van der Waals surface area (Å²) in [6, 6.07) is 10.6. The van der Waals surface area contributed by atoms with Crippen LogP contribution in [0.15, 0.2) is 55.0 Å². The van der Waals surface area contributed by atoms with E-state index in [2.05, 4.69) is 9.97 Å². The number of Topliss-reactive ketones (excluding diaryl/α,β-unsaturated/α-hetero) is 1. The van der Waals surface area contributed by atoms with Crippen molar-refractivity contribution in [1.29, 1.82) is 0 Å². The smallest absolute Gasteiger partial charge is 0.226 e. The molecule has 5 nitrogen and oxygen atoms in total. The van der Waals surface area contributed by atoms with Gasteiger partial charge >= 0.3 is 0 Å². The van der Waals surface area contributed by atoms with Crippen LogP contribution in [0.4, 0.5) is 10.1 Å². The zero-order valence-electron chi connectivity index (χ0n) is 17.4. The van der Waals surface area contributed by atoms with Crippen LogP contribution in [0.3, 0.4) is 0 Å². The first kappa shape index (κ1) is 21.3. The Bertz CT molecular complexity index is 1050. The Balaban J connectivity index is 1.76. The highest BCUT2D eigenvalue weighted by molar-refractivity contribution is 5.95. The van der Waals surface area contributed by atoms with Gasteiger partial charge in [-0.2, -0.15) is 0 Å². The number of rotatable bonds is 7. The maximum absolute atomic E-state index is 14.9. The summed E-state index contributed by atoms with van der Waals surface area (Å²) in [5.41, 5.74) is 3.45. The summed E-state index contributed by atoms with van der Waals surface area (Å²) in [5, 5.41) is 0. The summed E-state index contributed by atoms with van der Waals surface area (Å²) >= 11 is 0. The normalized spacial score (nSPS) is 10.7. The third-order valence-electron chi connectivity index (χ3n) is 5.13. The third kappa shape index (κ3) is 4.59. The highest BCUT2D eigenvalue weighted by Gasteiger charge is 2.18. The van der Waals surface area contributed by atoms with Crippen molar-refractivity contribution in [3.05, 3.63) is 77.6 Å². The number of carbonyl (C=O) groups is 2. The highest BCUT2D eigenvalue weighted by Crippen LogP contribution is 2.31. The highest BCUT2D eigenvalue weighted by atomic mass is 19.1. The molecule has 0 atom stereocenters. The fraction of sp³-hybridized carbons (Fsp3) is 0.250. The topological polar surface area (TPSA) is 63.2 Å². The minimum atomic E-state index is -0.437. The number of anilines is 1. The van der Waals surface area contributed by atoms with E-state index in [9.17, 15) is 14.0 Å². The molecule has 0 bridgehead atoms. The second-order valence-corrected chi connectivity index (χ2v) is 7.09. The first-order chi connectivity index (χ1) is 14.4. The van der Waals surface area contributed by atoms with Crippen molar-refractivity contribution in [3.63, 3.8) is 0 Å². The van der Waals surface area contributed by atoms with E-state index in [4.69, 9.17) is 0 Å². The predicted molar refractivity (Wildman–Crippen MR) is 115 cm³/mol. The van der Waals surface area contributed by atoms with Crippen molar-refractivity contribution < 1.29 is 14.0 Å². The van der Waals surface area contributed by atoms with E-state index >= 15 is 0 Å². The lowest BCUT2D eigenvalue weighted by atomic mass is 9.99. The SMILES string of the molecule is CCC(=O)N(C)c1ccc(-c2ccc(C(=O)CCc3cccnc3)nc2)c(C)c1F. The number of benzene rings is 1. The van der Waals surface area contributed by atoms with Gasteiger partial charge in [0.05, 0.1) is 5.69 Å². The lowest BCUT2D eigenvalue weighted by Crippen LogP contribution is -2.26. The molecule has 0 aliphatic carbocycles. The van der Waals surface area contributed by atoms with Crippen molar-refractivity contribution in [3.8, 4) is 11.1 Å². The Labute approximate surface area is 175 Å². The number of pyridine rings is 2. The van der Waals surface area contributed by atoms with Gasteiger partial charge < -0.3 is 4.90 Å². The minimum Gasteiger partial charge on any atom is -0.313 e. The average Bonchev–Trinajstić information content (AvgIpc) is 2.79. The second-order valence-electron chi connectivity index (χ2n) is 7.09. The van der Waals surface area contributed by atoms with Gasteiger partial charge in [-0.1, -0.05) is 25.1 Å².